The first-order chi connectivity index (χ1) is 7.99. The average molecular weight is 244 g/mol. The summed E-state index contributed by atoms with van der Waals surface area (Å²) in [7, 11) is 1.20. The standard InChI is InChI=1S/C11H14F2N2O2/c1-6-8(5-14)3-7(4-9(16)17-2)10(15-6)11(12)13/h3,11H,4-5,14H2,1-2H3. The fraction of sp³-hybridized carbons (Fsp3) is 0.455. The Balaban J connectivity index is 3.19. The van der Waals surface area contributed by atoms with Gasteiger partial charge in [-0.05, 0) is 18.1 Å². The molecule has 0 amide bonds. The van der Waals surface area contributed by atoms with Gasteiger partial charge in [0.15, 0.2) is 0 Å². The molecule has 1 aromatic heterocycles. The number of carbonyl (C=O) groups excluding carboxylic acids is 1. The van der Waals surface area contributed by atoms with Crippen LogP contribution in [0, 0.1) is 6.92 Å². The third kappa shape index (κ3) is 3.20. The van der Waals surface area contributed by atoms with Crippen molar-refractivity contribution in [2.75, 3.05) is 7.11 Å². The zero-order valence-corrected chi connectivity index (χ0v) is 9.67. The lowest BCUT2D eigenvalue weighted by Gasteiger charge is -2.11. The number of hydrogen-bond donors (Lipinski definition) is 1. The van der Waals surface area contributed by atoms with Gasteiger partial charge in [0.1, 0.15) is 5.69 Å². The summed E-state index contributed by atoms with van der Waals surface area (Å²) >= 11 is 0. The van der Waals surface area contributed by atoms with E-state index < -0.39 is 12.4 Å². The van der Waals surface area contributed by atoms with E-state index in [9.17, 15) is 13.6 Å². The smallest absolute Gasteiger partial charge is 0.310 e. The van der Waals surface area contributed by atoms with E-state index in [1.807, 2.05) is 0 Å². The Bertz CT molecular complexity index is 422. The third-order valence-corrected chi connectivity index (χ3v) is 2.42. The van der Waals surface area contributed by atoms with Gasteiger partial charge in [-0.15, -0.1) is 0 Å². The maximum Gasteiger partial charge on any atom is 0.310 e. The summed E-state index contributed by atoms with van der Waals surface area (Å²) in [5.41, 5.74) is 6.35. The van der Waals surface area contributed by atoms with Crippen molar-refractivity contribution >= 4 is 5.97 Å². The molecule has 1 heterocycles. The van der Waals surface area contributed by atoms with E-state index >= 15 is 0 Å². The summed E-state index contributed by atoms with van der Waals surface area (Å²) in [4.78, 5) is 14.9. The summed E-state index contributed by atoms with van der Waals surface area (Å²) in [5.74, 6) is -0.583. The van der Waals surface area contributed by atoms with Gasteiger partial charge in [0, 0.05) is 12.2 Å². The third-order valence-electron chi connectivity index (χ3n) is 2.42. The fourth-order valence-corrected chi connectivity index (χ4v) is 1.48. The van der Waals surface area contributed by atoms with Crippen molar-refractivity contribution < 1.29 is 18.3 Å². The van der Waals surface area contributed by atoms with E-state index in [1.54, 1.807) is 6.92 Å². The highest BCUT2D eigenvalue weighted by molar-refractivity contribution is 5.72. The molecular formula is C11H14F2N2O2. The van der Waals surface area contributed by atoms with Crippen LogP contribution < -0.4 is 5.73 Å². The molecule has 17 heavy (non-hydrogen) atoms. The van der Waals surface area contributed by atoms with Crippen molar-refractivity contribution in [2.45, 2.75) is 26.3 Å². The number of pyridine rings is 1. The van der Waals surface area contributed by atoms with E-state index in [1.165, 1.54) is 13.2 Å². The molecule has 0 unspecified atom stereocenters. The second kappa shape index (κ2) is 5.67. The number of aromatic nitrogens is 1. The lowest BCUT2D eigenvalue weighted by Crippen LogP contribution is -2.12. The van der Waals surface area contributed by atoms with Gasteiger partial charge in [0.25, 0.3) is 6.43 Å². The number of esters is 1. The average Bonchev–Trinajstić information content (AvgIpc) is 2.30. The molecule has 0 aromatic carbocycles. The van der Waals surface area contributed by atoms with Gasteiger partial charge in [-0.25, -0.2) is 8.78 Å². The summed E-state index contributed by atoms with van der Waals surface area (Å²) in [5, 5.41) is 0. The SMILES string of the molecule is COC(=O)Cc1cc(CN)c(C)nc1C(F)F. The van der Waals surface area contributed by atoms with E-state index in [2.05, 4.69) is 9.72 Å². The Hall–Kier alpha value is -1.56. The molecule has 0 radical (unpaired) electrons. The maximum atomic E-state index is 12.8. The number of rotatable bonds is 4. The van der Waals surface area contributed by atoms with E-state index in [-0.39, 0.29) is 24.2 Å². The van der Waals surface area contributed by atoms with E-state index in [4.69, 9.17) is 5.73 Å². The summed E-state index contributed by atoms with van der Waals surface area (Å²) < 4.78 is 30.0. The van der Waals surface area contributed by atoms with Gasteiger partial charge in [-0.1, -0.05) is 6.07 Å². The highest BCUT2D eigenvalue weighted by atomic mass is 19.3. The Morgan fingerprint density at radius 2 is 2.18 bits per heavy atom. The second-order valence-corrected chi connectivity index (χ2v) is 3.53. The molecular weight excluding hydrogens is 230 g/mol. The van der Waals surface area contributed by atoms with Gasteiger partial charge in [0.2, 0.25) is 0 Å². The van der Waals surface area contributed by atoms with Gasteiger partial charge < -0.3 is 10.5 Å². The molecule has 0 aliphatic carbocycles. The van der Waals surface area contributed by atoms with Crippen LogP contribution in [-0.4, -0.2) is 18.1 Å². The van der Waals surface area contributed by atoms with Crippen LogP contribution >= 0.6 is 0 Å². The monoisotopic (exact) mass is 244 g/mol. The molecule has 0 saturated heterocycles. The molecule has 0 spiro atoms. The minimum atomic E-state index is -2.72. The molecule has 6 heteroatoms. The molecule has 0 aliphatic rings. The molecule has 0 bridgehead atoms. The van der Waals surface area contributed by atoms with Crippen LogP contribution in [0.3, 0.4) is 0 Å². The number of nitrogens with zero attached hydrogens (tertiary/aromatic N) is 1. The van der Waals surface area contributed by atoms with Crippen LogP contribution in [0.15, 0.2) is 6.07 Å². The Labute approximate surface area is 97.8 Å². The van der Waals surface area contributed by atoms with Crippen molar-refractivity contribution in [3.8, 4) is 0 Å². The summed E-state index contributed by atoms with van der Waals surface area (Å²) in [6.07, 6.45) is -2.95. The zero-order valence-electron chi connectivity index (χ0n) is 9.67. The van der Waals surface area contributed by atoms with Crippen molar-refractivity contribution in [1.29, 1.82) is 0 Å². The Morgan fingerprint density at radius 1 is 1.53 bits per heavy atom. The highest BCUT2D eigenvalue weighted by Crippen LogP contribution is 2.23. The normalized spacial score (nSPS) is 10.7. The molecule has 0 aliphatic heterocycles. The zero-order chi connectivity index (χ0) is 13.0. The molecule has 1 rings (SSSR count). The number of alkyl halides is 2. The highest BCUT2D eigenvalue weighted by Gasteiger charge is 2.19. The number of hydrogen-bond acceptors (Lipinski definition) is 4. The van der Waals surface area contributed by atoms with E-state index in [0.29, 0.717) is 11.3 Å². The van der Waals surface area contributed by atoms with Crippen molar-refractivity contribution in [2.24, 2.45) is 5.73 Å². The van der Waals surface area contributed by atoms with Crippen molar-refractivity contribution in [1.82, 2.24) is 4.98 Å². The van der Waals surface area contributed by atoms with Crippen LogP contribution in [0.25, 0.3) is 0 Å². The maximum absolute atomic E-state index is 12.8. The molecule has 1 aromatic rings. The number of ether oxygens (including phenoxy) is 1. The molecule has 4 nitrogen and oxygen atoms in total. The first-order valence-corrected chi connectivity index (χ1v) is 5.04. The number of aryl methyl sites for hydroxylation is 1. The van der Waals surface area contributed by atoms with Crippen LogP contribution in [0.4, 0.5) is 8.78 Å². The van der Waals surface area contributed by atoms with Gasteiger partial charge >= 0.3 is 5.97 Å². The molecule has 0 atom stereocenters. The fourth-order valence-electron chi connectivity index (χ4n) is 1.48. The summed E-state index contributed by atoms with van der Waals surface area (Å²) in [6.45, 7) is 1.80. The number of carbonyl (C=O) groups is 1. The predicted molar refractivity (Wildman–Crippen MR) is 57.5 cm³/mol. The van der Waals surface area contributed by atoms with E-state index in [0.717, 1.165) is 0 Å². The molecule has 0 fully saturated rings. The van der Waals surface area contributed by atoms with Crippen LogP contribution in [-0.2, 0) is 22.5 Å². The Morgan fingerprint density at radius 3 is 2.65 bits per heavy atom. The predicted octanol–water partition coefficient (Wildman–Crippen LogP) is 1.50. The van der Waals surface area contributed by atoms with Crippen LogP contribution in [0.1, 0.15) is 28.9 Å². The first-order valence-electron chi connectivity index (χ1n) is 5.04. The lowest BCUT2D eigenvalue weighted by atomic mass is 10.1. The van der Waals surface area contributed by atoms with Gasteiger partial charge in [0.05, 0.1) is 13.5 Å². The van der Waals surface area contributed by atoms with Crippen LogP contribution in [0.2, 0.25) is 0 Å². The number of halogens is 2. The molecule has 0 saturated carbocycles. The number of methoxy groups -OCH3 is 1. The topological polar surface area (TPSA) is 65.2 Å². The Kier molecular flexibility index (Phi) is 4.51. The van der Waals surface area contributed by atoms with Crippen LogP contribution in [0.5, 0.6) is 0 Å². The van der Waals surface area contributed by atoms with Gasteiger partial charge in [-0.3, -0.25) is 9.78 Å². The van der Waals surface area contributed by atoms with Gasteiger partial charge in [-0.2, -0.15) is 0 Å². The molecule has 2 N–H and O–H groups in total. The summed E-state index contributed by atoms with van der Waals surface area (Å²) in [6, 6.07) is 1.49. The minimum Gasteiger partial charge on any atom is -0.469 e. The largest absolute Gasteiger partial charge is 0.469 e. The minimum absolute atomic E-state index is 0.165. The second-order valence-electron chi connectivity index (χ2n) is 3.53. The first kappa shape index (κ1) is 13.5. The quantitative estimate of drug-likeness (QED) is 0.815. The van der Waals surface area contributed by atoms with Crippen molar-refractivity contribution in [3.05, 3.63) is 28.6 Å². The number of nitrogens with two attached hydrogens (primary N) is 1. The molecule has 94 valence electrons. The lowest BCUT2D eigenvalue weighted by molar-refractivity contribution is -0.139. The van der Waals surface area contributed by atoms with Crippen molar-refractivity contribution in [3.63, 3.8) is 0 Å².